The van der Waals surface area contributed by atoms with Gasteiger partial charge >= 0.3 is 0 Å². The molecular formula is C13H19NO3Si. The van der Waals surface area contributed by atoms with Crippen LogP contribution in [0.2, 0.25) is 19.6 Å². The first-order valence-corrected chi connectivity index (χ1v) is 9.34. The van der Waals surface area contributed by atoms with E-state index < -0.39 is 8.32 Å². The third kappa shape index (κ3) is 5.63. The summed E-state index contributed by atoms with van der Waals surface area (Å²) in [6.07, 6.45) is 0.211. The van der Waals surface area contributed by atoms with E-state index in [2.05, 4.69) is 5.32 Å². The molecule has 0 atom stereocenters. The Morgan fingerprint density at radius 2 is 1.78 bits per heavy atom. The van der Waals surface area contributed by atoms with Crippen LogP contribution >= 0.6 is 0 Å². The molecule has 1 rings (SSSR count). The summed E-state index contributed by atoms with van der Waals surface area (Å²) >= 11 is 0. The van der Waals surface area contributed by atoms with Crippen LogP contribution < -0.4 is 5.32 Å². The zero-order valence-corrected chi connectivity index (χ0v) is 12.0. The van der Waals surface area contributed by atoms with Gasteiger partial charge in [-0.05, 0) is 31.8 Å². The fraction of sp³-hybridized carbons (Fsp3) is 0.385. The van der Waals surface area contributed by atoms with Crippen molar-refractivity contribution in [3.05, 3.63) is 35.9 Å². The molecule has 0 bridgehead atoms. The van der Waals surface area contributed by atoms with Crippen molar-refractivity contribution in [3.63, 3.8) is 0 Å². The molecule has 0 radical (unpaired) electrons. The molecule has 0 unspecified atom stereocenters. The molecule has 0 fully saturated rings. The van der Waals surface area contributed by atoms with Crippen molar-refractivity contribution in [2.75, 3.05) is 6.54 Å². The van der Waals surface area contributed by atoms with Gasteiger partial charge in [0, 0.05) is 12.1 Å². The minimum absolute atomic E-state index is 0.170. The molecule has 0 heterocycles. The van der Waals surface area contributed by atoms with Crippen molar-refractivity contribution in [3.8, 4) is 0 Å². The Bertz CT molecular complexity index is 412. The van der Waals surface area contributed by atoms with Gasteiger partial charge in [0.05, 0.1) is 6.42 Å². The van der Waals surface area contributed by atoms with Crippen molar-refractivity contribution < 1.29 is 14.0 Å². The van der Waals surface area contributed by atoms with Crippen LogP contribution in [-0.2, 0) is 9.22 Å². The number of carbonyl (C=O) groups excluding carboxylic acids is 2. The van der Waals surface area contributed by atoms with Gasteiger partial charge in [0.2, 0.25) is 8.32 Å². The lowest BCUT2D eigenvalue weighted by Gasteiger charge is -2.17. The molecule has 1 aromatic rings. The van der Waals surface area contributed by atoms with Crippen molar-refractivity contribution >= 4 is 20.2 Å². The molecule has 0 aliphatic carbocycles. The van der Waals surface area contributed by atoms with E-state index in [0.29, 0.717) is 12.1 Å². The van der Waals surface area contributed by atoms with Gasteiger partial charge in [-0.2, -0.15) is 0 Å². The minimum Gasteiger partial charge on any atom is -0.520 e. The Hall–Kier alpha value is -1.62. The Balaban J connectivity index is 2.30. The van der Waals surface area contributed by atoms with Crippen LogP contribution in [0.15, 0.2) is 30.3 Å². The summed E-state index contributed by atoms with van der Waals surface area (Å²) in [5.41, 5.74) is 0.594. The van der Waals surface area contributed by atoms with Crippen LogP contribution in [-0.4, -0.2) is 26.7 Å². The molecular weight excluding hydrogens is 246 g/mol. The van der Waals surface area contributed by atoms with E-state index in [-0.39, 0.29) is 18.3 Å². The first kappa shape index (κ1) is 14.4. The third-order valence-corrected chi connectivity index (χ3v) is 2.91. The first-order valence-electron chi connectivity index (χ1n) is 5.93. The van der Waals surface area contributed by atoms with E-state index in [4.69, 9.17) is 4.43 Å². The van der Waals surface area contributed by atoms with Crippen LogP contribution in [0.25, 0.3) is 0 Å². The number of amides is 1. The molecule has 18 heavy (non-hydrogen) atoms. The summed E-state index contributed by atoms with van der Waals surface area (Å²) in [5.74, 6) is -0.418. The van der Waals surface area contributed by atoms with E-state index in [9.17, 15) is 9.59 Å². The highest BCUT2D eigenvalue weighted by atomic mass is 28.4. The highest BCUT2D eigenvalue weighted by molar-refractivity contribution is 6.71. The van der Waals surface area contributed by atoms with Crippen molar-refractivity contribution in [1.29, 1.82) is 0 Å². The van der Waals surface area contributed by atoms with E-state index >= 15 is 0 Å². The average Bonchev–Trinajstić information content (AvgIpc) is 2.27. The molecule has 0 aliphatic rings. The van der Waals surface area contributed by atoms with Crippen LogP contribution in [0.3, 0.4) is 0 Å². The van der Waals surface area contributed by atoms with Crippen LogP contribution in [0.1, 0.15) is 16.8 Å². The lowest BCUT2D eigenvalue weighted by Crippen LogP contribution is -2.32. The first-order chi connectivity index (χ1) is 8.38. The predicted molar refractivity (Wildman–Crippen MR) is 72.8 cm³/mol. The Morgan fingerprint density at radius 3 is 2.33 bits per heavy atom. The maximum atomic E-state index is 11.7. The number of hydrogen-bond donors (Lipinski definition) is 1. The molecule has 0 spiro atoms. The standard InChI is InChI=1S/C13H19NO3Si/c1-18(2,3)17-12(15)9-10-14-13(16)11-7-5-4-6-8-11/h4-8H,9-10H2,1-3H3,(H,14,16). The van der Waals surface area contributed by atoms with Crippen LogP contribution in [0, 0.1) is 0 Å². The predicted octanol–water partition coefficient (Wildman–Crippen LogP) is 2.18. The maximum Gasteiger partial charge on any atom is 0.294 e. The van der Waals surface area contributed by atoms with Gasteiger partial charge in [-0.1, -0.05) is 18.2 Å². The minimum atomic E-state index is -1.82. The van der Waals surface area contributed by atoms with Gasteiger partial charge in [0.25, 0.3) is 11.9 Å². The van der Waals surface area contributed by atoms with Gasteiger partial charge in [0.15, 0.2) is 0 Å². The zero-order valence-electron chi connectivity index (χ0n) is 11.0. The molecule has 4 nitrogen and oxygen atoms in total. The van der Waals surface area contributed by atoms with E-state index in [1.165, 1.54) is 0 Å². The maximum absolute atomic E-state index is 11.7. The fourth-order valence-corrected chi connectivity index (χ4v) is 2.15. The van der Waals surface area contributed by atoms with E-state index in [1.54, 1.807) is 24.3 Å². The van der Waals surface area contributed by atoms with Gasteiger partial charge in [0.1, 0.15) is 0 Å². The molecule has 1 aromatic carbocycles. The summed E-state index contributed by atoms with van der Waals surface area (Å²) in [4.78, 5) is 23.1. The number of nitrogens with one attached hydrogen (secondary N) is 1. The van der Waals surface area contributed by atoms with Crippen molar-refractivity contribution in [1.82, 2.24) is 5.32 Å². The van der Waals surface area contributed by atoms with Gasteiger partial charge in [-0.15, -0.1) is 0 Å². The highest BCUT2D eigenvalue weighted by Crippen LogP contribution is 2.04. The van der Waals surface area contributed by atoms with Crippen molar-refractivity contribution in [2.24, 2.45) is 0 Å². The normalized spacial score (nSPS) is 10.8. The van der Waals surface area contributed by atoms with Crippen LogP contribution in [0.5, 0.6) is 0 Å². The molecule has 0 saturated heterocycles. The summed E-state index contributed by atoms with van der Waals surface area (Å²) in [6, 6.07) is 8.91. The fourth-order valence-electron chi connectivity index (χ4n) is 1.36. The summed E-state index contributed by atoms with van der Waals surface area (Å²) in [6.45, 7) is 6.16. The molecule has 0 aliphatic heterocycles. The molecule has 1 N–H and O–H groups in total. The molecule has 5 heteroatoms. The number of carbonyl (C=O) groups is 2. The topological polar surface area (TPSA) is 55.4 Å². The highest BCUT2D eigenvalue weighted by Gasteiger charge is 2.19. The monoisotopic (exact) mass is 265 g/mol. The van der Waals surface area contributed by atoms with Gasteiger partial charge in [-0.3, -0.25) is 9.59 Å². The van der Waals surface area contributed by atoms with Crippen molar-refractivity contribution in [2.45, 2.75) is 26.1 Å². The molecule has 0 saturated carbocycles. The average molecular weight is 265 g/mol. The smallest absolute Gasteiger partial charge is 0.294 e. The lowest BCUT2D eigenvalue weighted by atomic mass is 10.2. The summed E-state index contributed by atoms with van der Waals surface area (Å²) < 4.78 is 5.27. The second-order valence-electron chi connectivity index (χ2n) is 4.96. The summed E-state index contributed by atoms with van der Waals surface area (Å²) in [5, 5.41) is 2.69. The third-order valence-electron chi connectivity index (χ3n) is 2.07. The Kier molecular flexibility index (Phi) is 5.09. The van der Waals surface area contributed by atoms with Gasteiger partial charge in [-0.25, -0.2) is 0 Å². The van der Waals surface area contributed by atoms with Crippen LogP contribution in [0.4, 0.5) is 0 Å². The zero-order chi connectivity index (χ0) is 13.6. The number of rotatable bonds is 5. The second kappa shape index (κ2) is 6.35. The second-order valence-corrected chi connectivity index (χ2v) is 9.39. The quantitative estimate of drug-likeness (QED) is 0.830. The summed E-state index contributed by atoms with van der Waals surface area (Å²) in [7, 11) is -1.82. The largest absolute Gasteiger partial charge is 0.520 e. The Morgan fingerprint density at radius 1 is 1.17 bits per heavy atom. The molecule has 98 valence electrons. The van der Waals surface area contributed by atoms with Gasteiger partial charge < -0.3 is 9.74 Å². The van der Waals surface area contributed by atoms with E-state index in [1.807, 2.05) is 25.7 Å². The molecule has 0 aromatic heterocycles. The van der Waals surface area contributed by atoms with E-state index in [0.717, 1.165) is 0 Å². The molecule has 1 amide bonds. The Labute approximate surface area is 108 Å². The lowest BCUT2D eigenvalue weighted by molar-refractivity contribution is -0.134. The number of hydrogen-bond acceptors (Lipinski definition) is 3. The number of benzene rings is 1. The SMILES string of the molecule is C[Si](C)(C)OC(=O)CCNC(=O)c1ccccc1.